The molecule has 0 spiro atoms. The molecule has 0 amide bonds. The highest BCUT2D eigenvalue weighted by Gasteiger charge is 2.36. The number of hydrogen-bond donors (Lipinski definition) is 1. The van der Waals surface area contributed by atoms with E-state index in [-0.39, 0.29) is 11.1 Å². The quantitative estimate of drug-likeness (QED) is 0.740. The highest BCUT2D eigenvalue weighted by atomic mass is 32.2. The maximum Gasteiger partial charge on any atom is 0.166 e. The molecular formula is C14H30N2O2S2. The first-order valence-corrected chi connectivity index (χ1v) is 10.6. The summed E-state index contributed by atoms with van der Waals surface area (Å²) in [6, 6.07) is 0.768. The van der Waals surface area contributed by atoms with Crippen molar-refractivity contribution in [2.24, 2.45) is 0 Å². The van der Waals surface area contributed by atoms with Gasteiger partial charge < -0.3 is 5.32 Å². The van der Waals surface area contributed by atoms with Gasteiger partial charge in [-0.15, -0.1) is 0 Å². The van der Waals surface area contributed by atoms with E-state index in [0.717, 1.165) is 37.4 Å². The molecule has 1 fully saturated rings. The number of nitrogens with one attached hydrogen (secondary N) is 1. The second-order valence-corrected chi connectivity index (χ2v) is 9.32. The van der Waals surface area contributed by atoms with Crippen LogP contribution in [-0.4, -0.2) is 61.1 Å². The van der Waals surface area contributed by atoms with Crippen molar-refractivity contribution in [2.45, 2.75) is 58.0 Å². The van der Waals surface area contributed by atoms with E-state index >= 15 is 0 Å². The van der Waals surface area contributed by atoms with Crippen LogP contribution in [0.2, 0.25) is 0 Å². The lowest BCUT2D eigenvalue weighted by atomic mass is 10.1. The van der Waals surface area contributed by atoms with Gasteiger partial charge in [-0.25, -0.2) is 8.42 Å². The number of thioether (sulfide) groups is 1. The molecule has 0 aromatic rings. The molecular weight excluding hydrogens is 292 g/mol. The van der Waals surface area contributed by atoms with Crippen LogP contribution in [0.3, 0.4) is 0 Å². The fourth-order valence-electron chi connectivity index (χ4n) is 2.60. The first kappa shape index (κ1) is 18.3. The minimum Gasteiger partial charge on any atom is -0.313 e. The first-order valence-electron chi connectivity index (χ1n) is 7.70. The van der Waals surface area contributed by atoms with Gasteiger partial charge in [0.25, 0.3) is 0 Å². The Morgan fingerprint density at radius 2 is 2.05 bits per heavy atom. The van der Waals surface area contributed by atoms with Gasteiger partial charge in [-0.05, 0) is 6.42 Å². The Kier molecular flexibility index (Phi) is 7.87. The van der Waals surface area contributed by atoms with Gasteiger partial charge in [0, 0.05) is 42.4 Å². The van der Waals surface area contributed by atoms with E-state index in [2.05, 4.69) is 31.0 Å². The molecule has 2 unspecified atom stereocenters. The summed E-state index contributed by atoms with van der Waals surface area (Å²) in [5.41, 5.74) is 0. The van der Waals surface area contributed by atoms with Crippen LogP contribution in [0, 0.1) is 0 Å². The Hall–Kier alpha value is 0.220. The third kappa shape index (κ3) is 5.20. The molecule has 1 aliphatic rings. The molecule has 6 heteroatoms. The van der Waals surface area contributed by atoms with Crippen molar-refractivity contribution >= 4 is 21.6 Å². The second kappa shape index (κ2) is 8.61. The molecule has 1 saturated heterocycles. The topological polar surface area (TPSA) is 49.4 Å². The summed E-state index contributed by atoms with van der Waals surface area (Å²) in [6.07, 6.45) is 2.15. The van der Waals surface area contributed by atoms with Crippen molar-refractivity contribution < 1.29 is 8.42 Å². The Morgan fingerprint density at radius 1 is 1.35 bits per heavy atom. The zero-order valence-corrected chi connectivity index (χ0v) is 14.9. The van der Waals surface area contributed by atoms with E-state index in [1.54, 1.807) is 18.7 Å². The molecule has 1 rings (SSSR count). The summed E-state index contributed by atoms with van der Waals surface area (Å²) in [5.74, 6) is 2.00. The molecule has 0 bridgehead atoms. The molecule has 0 aromatic heterocycles. The third-order valence-electron chi connectivity index (χ3n) is 3.79. The van der Waals surface area contributed by atoms with Gasteiger partial charge >= 0.3 is 0 Å². The Morgan fingerprint density at radius 3 is 2.60 bits per heavy atom. The highest BCUT2D eigenvalue weighted by molar-refractivity contribution is 8.01. The van der Waals surface area contributed by atoms with Crippen LogP contribution in [0.4, 0.5) is 0 Å². The van der Waals surface area contributed by atoms with Gasteiger partial charge in [-0.2, -0.15) is 11.8 Å². The lowest BCUT2D eigenvalue weighted by Gasteiger charge is -2.40. The molecule has 20 heavy (non-hydrogen) atoms. The average Bonchev–Trinajstić information content (AvgIpc) is 2.43. The van der Waals surface area contributed by atoms with Crippen LogP contribution >= 0.6 is 11.8 Å². The fourth-order valence-corrected chi connectivity index (χ4v) is 5.70. The molecule has 1 N–H and O–H groups in total. The molecule has 1 heterocycles. The number of sulfone groups is 1. The molecule has 0 aliphatic carbocycles. The van der Waals surface area contributed by atoms with Crippen LogP contribution < -0.4 is 5.32 Å². The minimum absolute atomic E-state index is 0.241. The zero-order chi connectivity index (χ0) is 15.2. The summed E-state index contributed by atoms with van der Waals surface area (Å²) >= 11 is 1.77. The lowest BCUT2D eigenvalue weighted by Crippen LogP contribution is -2.55. The van der Waals surface area contributed by atoms with E-state index in [0.29, 0.717) is 12.1 Å². The van der Waals surface area contributed by atoms with Gasteiger partial charge in [0.2, 0.25) is 0 Å². The predicted octanol–water partition coefficient (Wildman–Crippen LogP) is 1.96. The van der Waals surface area contributed by atoms with Gasteiger partial charge in [0.05, 0.1) is 0 Å². The summed E-state index contributed by atoms with van der Waals surface area (Å²) in [7, 11) is -2.99. The predicted molar refractivity (Wildman–Crippen MR) is 89.1 cm³/mol. The van der Waals surface area contributed by atoms with E-state index in [1.165, 1.54) is 0 Å². The van der Waals surface area contributed by atoms with Crippen LogP contribution in [0.15, 0.2) is 0 Å². The average molecular weight is 323 g/mol. The van der Waals surface area contributed by atoms with Crippen LogP contribution in [0.25, 0.3) is 0 Å². The number of nitrogens with zero attached hydrogens (tertiary/aromatic N) is 1. The number of rotatable bonds is 8. The second-order valence-electron chi connectivity index (χ2n) is 5.72. The Balaban J connectivity index is 2.83. The van der Waals surface area contributed by atoms with Gasteiger partial charge in [-0.1, -0.05) is 34.1 Å². The lowest BCUT2D eigenvalue weighted by molar-refractivity contribution is 0.175. The van der Waals surface area contributed by atoms with Crippen molar-refractivity contribution in [3.8, 4) is 0 Å². The Labute approximate surface area is 129 Å². The minimum atomic E-state index is -2.99. The maximum absolute atomic E-state index is 12.3. The summed E-state index contributed by atoms with van der Waals surface area (Å²) in [4.78, 5) is 2.24. The third-order valence-corrected chi connectivity index (χ3v) is 7.10. The van der Waals surface area contributed by atoms with E-state index in [1.807, 2.05) is 0 Å². The van der Waals surface area contributed by atoms with Gasteiger partial charge in [-0.3, -0.25) is 4.90 Å². The molecule has 0 saturated carbocycles. The molecule has 1 aliphatic heterocycles. The van der Waals surface area contributed by atoms with E-state index in [4.69, 9.17) is 0 Å². The molecule has 4 nitrogen and oxygen atoms in total. The fraction of sp³-hybridized carbons (Fsp3) is 1.00. The van der Waals surface area contributed by atoms with Crippen LogP contribution in [-0.2, 0) is 9.84 Å². The highest BCUT2D eigenvalue weighted by Crippen LogP contribution is 2.25. The Bertz CT molecular complexity index is 371. The van der Waals surface area contributed by atoms with Crippen molar-refractivity contribution in [3.63, 3.8) is 0 Å². The largest absolute Gasteiger partial charge is 0.313 e. The monoisotopic (exact) mass is 322 g/mol. The number of hydrogen-bond acceptors (Lipinski definition) is 5. The van der Waals surface area contributed by atoms with E-state index < -0.39 is 9.84 Å². The van der Waals surface area contributed by atoms with E-state index in [9.17, 15) is 8.42 Å². The molecule has 120 valence electrons. The molecule has 0 radical (unpaired) electrons. The molecule has 2 atom stereocenters. The smallest absolute Gasteiger partial charge is 0.166 e. The van der Waals surface area contributed by atoms with Crippen LogP contribution in [0.1, 0.15) is 40.5 Å². The van der Waals surface area contributed by atoms with Crippen molar-refractivity contribution in [1.29, 1.82) is 0 Å². The SMILES string of the molecule is CCCC(CNC(C)C)N1CCSCC1S(=O)(=O)CC. The van der Waals surface area contributed by atoms with Crippen molar-refractivity contribution in [1.82, 2.24) is 10.2 Å². The van der Waals surface area contributed by atoms with Crippen molar-refractivity contribution in [3.05, 3.63) is 0 Å². The maximum atomic E-state index is 12.3. The van der Waals surface area contributed by atoms with Gasteiger partial charge in [0.1, 0.15) is 5.37 Å². The summed E-state index contributed by atoms with van der Waals surface area (Å²) in [5, 5.41) is 3.18. The summed E-state index contributed by atoms with van der Waals surface area (Å²) < 4.78 is 24.7. The van der Waals surface area contributed by atoms with Gasteiger partial charge in [0.15, 0.2) is 9.84 Å². The zero-order valence-electron chi connectivity index (χ0n) is 13.3. The van der Waals surface area contributed by atoms with Crippen LogP contribution in [0.5, 0.6) is 0 Å². The molecule has 0 aromatic carbocycles. The standard InChI is InChI=1S/C14H30N2O2S2/c1-5-7-13(10-15-12(3)4)16-8-9-19-11-14(16)20(17,18)6-2/h12-15H,5-11H2,1-4H3. The normalized spacial score (nSPS) is 23.1. The summed E-state index contributed by atoms with van der Waals surface area (Å²) in [6.45, 7) is 9.97. The first-order chi connectivity index (χ1) is 9.42. The van der Waals surface area contributed by atoms with Crippen molar-refractivity contribution in [2.75, 3.05) is 30.3 Å².